The predicted molar refractivity (Wildman–Crippen MR) is 98.4 cm³/mol. The molecule has 136 valence electrons. The molecule has 3 atom stereocenters. The van der Waals surface area contributed by atoms with Gasteiger partial charge in [-0.2, -0.15) is 0 Å². The molecule has 4 nitrogen and oxygen atoms in total. The van der Waals surface area contributed by atoms with Crippen molar-refractivity contribution in [3.8, 4) is 0 Å². The first-order valence-corrected chi connectivity index (χ1v) is 9.94. The number of amides is 1. The molecule has 3 aliphatic rings. The summed E-state index contributed by atoms with van der Waals surface area (Å²) in [6.07, 6.45) is 6.32. The van der Waals surface area contributed by atoms with Crippen LogP contribution < -0.4 is 0 Å². The Balaban J connectivity index is 1.36. The van der Waals surface area contributed by atoms with Gasteiger partial charge in [0.15, 0.2) is 0 Å². The normalized spacial score (nSPS) is 29.3. The van der Waals surface area contributed by atoms with Crippen LogP contribution in [-0.2, 0) is 11.2 Å². The summed E-state index contributed by atoms with van der Waals surface area (Å²) >= 11 is 0. The monoisotopic (exact) mass is 342 g/mol. The van der Waals surface area contributed by atoms with Crippen LogP contribution in [-0.4, -0.2) is 60.1 Å². The maximum Gasteiger partial charge on any atom is 0.248 e. The van der Waals surface area contributed by atoms with Crippen LogP contribution in [0, 0.1) is 11.8 Å². The number of hydrogen-bond acceptors (Lipinski definition) is 3. The van der Waals surface area contributed by atoms with Gasteiger partial charge in [0.1, 0.15) is 6.61 Å². The van der Waals surface area contributed by atoms with Crippen LogP contribution in [0.4, 0.5) is 0 Å². The highest BCUT2D eigenvalue weighted by Gasteiger charge is 2.44. The van der Waals surface area contributed by atoms with E-state index < -0.39 is 0 Å². The summed E-state index contributed by atoms with van der Waals surface area (Å²) in [5.41, 5.74) is 2.88. The van der Waals surface area contributed by atoms with Crippen molar-refractivity contribution in [1.82, 2.24) is 9.80 Å². The zero-order valence-corrected chi connectivity index (χ0v) is 15.1. The molecule has 1 saturated carbocycles. The molecule has 1 aromatic carbocycles. The van der Waals surface area contributed by atoms with E-state index in [-0.39, 0.29) is 12.5 Å². The summed E-state index contributed by atoms with van der Waals surface area (Å²) in [6.45, 7) is 5.04. The minimum Gasteiger partial charge on any atom is -0.387 e. The van der Waals surface area contributed by atoms with Crippen molar-refractivity contribution in [2.75, 3.05) is 39.3 Å². The highest BCUT2D eigenvalue weighted by molar-refractivity contribution is 5.77. The minimum atomic E-state index is -0.351. The minimum absolute atomic E-state index is 0.106. The van der Waals surface area contributed by atoms with E-state index in [1.165, 1.54) is 56.4 Å². The molecule has 25 heavy (non-hydrogen) atoms. The van der Waals surface area contributed by atoms with Gasteiger partial charge in [-0.25, -0.2) is 0 Å². The van der Waals surface area contributed by atoms with Crippen LogP contribution in [0.2, 0.25) is 0 Å². The lowest BCUT2D eigenvalue weighted by Crippen LogP contribution is -2.32. The molecule has 0 radical (unpaired) electrons. The number of carbonyl (C=O) groups is 1. The zero-order chi connectivity index (χ0) is 17.2. The Morgan fingerprint density at radius 3 is 2.56 bits per heavy atom. The Morgan fingerprint density at radius 2 is 1.84 bits per heavy atom. The molecule has 4 heteroatoms. The lowest BCUT2D eigenvalue weighted by atomic mass is 9.86. The summed E-state index contributed by atoms with van der Waals surface area (Å²) in [6, 6.07) is 9.26. The van der Waals surface area contributed by atoms with E-state index in [0.717, 1.165) is 19.5 Å². The number of aliphatic hydroxyl groups is 1. The van der Waals surface area contributed by atoms with Crippen molar-refractivity contribution in [3.05, 3.63) is 35.4 Å². The molecule has 3 unspecified atom stereocenters. The van der Waals surface area contributed by atoms with E-state index >= 15 is 0 Å². The maximum absolute atomic E-state index is 11.8. The number of rotatable bonds is 5. The molecule has 1 N–H and O–H groups in total. The van der Waals surface area contributed by atoms with Gasteiger partial charge in [-0.15, -0.1) is 0 Å². The van der Waals surface area contributed by atoms with E-state index in [1.807, 2.05) is 4.90 Å². The van der Waals surface area contributed by atoms with Gasteiger partial charge in [-0.05, 0) is 74.1 Å². The molecule has 1 aromatic rings. The van der Waals surface area contributed by atoms with Crippen LogP contribution in [0.1, 0.15) is 42.7 Å². The Hall–Kier alpha value is -1.39. The highest BCUT2D eigenvalue weighted by atomic mass is 16.3. The van der Waals surface area contributed by atoms with E-state index in [4.69, 9.17) is 5.11 Å². The average molecular weight is 342 g/mol. The number of benzene rings is 1. The van der Waals surface area contributed by atoms with Crippen molar-refractivity contribution in [3.63, 3.8) is 0 Å². The van der Waals surface area contributed by atoms with Crippen LogP contribution in [0.3, 0.4) is 0 Å². The summed E-state index contributed by atoms with van der Waals surface area (Å²) in [7, 11) is 0. The lowest BCUT2D eigenvalue weighted by Gasteiger charge is -2.21. The van der Waals surface area contributed by atoms with Crippen LogP contribution in [0.5, 0.6) is 0 Å². The summed E-state index contributed by atoms with van der Waals surface area (Å²) < 4.78 is 0. The van der Waals surface area contributed by atoms with Crippen molar-refractivity contribution in [2.24, 2.45) is 11.8 Å². The Kier molecular flexibility index (Phi) is 5.09. The summed E-state index contributed by atoms with van der Waals surface area (Å²) in [5.74, 6) is 1.67. The van der Waals surface area contributed by atoms with Gasteiger partial charge >= 0.3 is 0 Å². The first kappa shape index (κ1) is 17.0. The third-order valence-electron chi connectivity index (χ3n) is 6.67. The van der Waals surface area contributed by atoms with E-state index in [2.05, 4.69) is 29.2 Å². The molecule has 2 saturated heterocycles. The predicted octanol–water partition coefficient (Wildman–Crippen LogP) is 2.27. The Labute approximate surface area is 150 Å². The van der Waals surface area contributed by atoms with Gasteiger partial charge in [0.2, 0.25) is 5.91 Å². The number of nitrogens with zero attached hydrogens (tertiary/aromatic N) is 2. The van der Waals surface area contributed by atoms with Crippen molar-refractivity contribution >= 4 is 5.91 Å². The maximum atomic E-state index is 11.8. The molecule has 1 aliphatic carbocycles. The Morgan fingerprint density at radius 1 is 1.08 bits per heavy atom. The van der Waals surface area contributed by atoms with E-state index in [0.29, 0.717) is 17.8 Å². The third-order valence-corrected chi connectivity index (χ3v) is 6.67. The molecule has 2 heterocycles. The first-order valence-electron chi connectivity index (χ1n) is 9.94. The SMILES string of the molecule is O=C(CO)N1CC2CCC(c3ccc(CCN4CCCC4)cc3)C2C1. The number of fused-ring (bicyclic) bond motifs is 1. The van der Waals surface area contributed by atoms with Gasteiger partial charge in [0.05, 0.1) is 0 Å². The Bertz CT molecular complexity index is 594. The molecular formula is C21H30N2O2. The topological polar surface area (TPSA) is 43.8 Å². The van der Waals surface area contributed by atoms with Gasteiger partial charge < -0.3 is 14.9 Å². The number of aliphatic hydroxyl groups excluding tert-OH is 1. The molecule has 0 bridgehead atoms. The van der Waals surface area contributed by atoms with Gasteiger partial charge in [0, 0.05) is 19.6 Å². The fraction of sp³-hybridized carbons (Fsp3) is 0.667. The number of likely N-dealkylation sites (tertiary alicyclic amines) is 2. The van der Waals surface area contributed by atoms with Crippen LogP contribution in [0.25, 0.3) is 0 Å². The van der Waals surface area contributed by atoms with Crippen LogP contribution in [0.15, 0.2) is 24.3 Å². The molecular weight excluding hydrogens is 312 g/mol. The molecule has 0 aromatic heterocycles. The quantitative estimate of drug-likeness (QED) is 0.893. The molecule has 3 fully saturated rings. The zero-order valence-electron chi connectivity index (χ0n) is 15.1. The number of hydrogen-bond donors (Lipinski definition) is 1. The largest absolute Gasteiger partial charge is 0.387 e. The van der Waals surface area contributed by atoms with Gasteiger partial charge in [-0.3, -0.25) is 4.79 Å². The van der Waals surface area contributed by atoms with Crippen molar-refractivity contribution < 1.29 is 9.90 Å². The summed E-state index contributed by atoms with van der Waals surface area (Å²) in [5, 5.41) is 9.11. The first-order chi connectivity index (χ1) is 12.2. The standard InChI is InChI=1S/C21H30N2O2/c24-15-21(25)23-13-18-7-8-19(20(18)14-23)17-5-3-16(4-6-17)9-12-22-10-1-2-11-22/h3-6,18-20,24H,1-2,7-15H2. The van der Waals surface area contributed by atoms with Gasteiger partial charge in [-0.1, -0.05) is 24.3 Å². The second kappa shape index (κ2) is 7.46. The fourth-order valence-corrected chi connectivity index (χ4v) is 5.21. The molecule has 0 spiro atoms. The van der Waals surface area contributed by atoms with Crippen molar-refractivity contribution in [2.45, 2.75) is 38.0 Å². The van der Waals surface area contributed by atoms with Gasteiger partial charge in [0.25, 0.3) is 0 Å². The van der Waals surface area contributed by atoms with E-state index in [1.54, 1.807) is 0 Å². The fourth-order valence-electron chi connectivity index (χ4n) is 5.21. The second-order valence-electron chi connectivity index (χ2n) is 8.10. The summed E-state index contributed by atoms with van der Waals surface area (Å²) in [4.78, 5) is 16.2. The smallest absolute Gasteiger partial charge is 0.248 e. The van der Waals surface area contributed by atoms with Crippen molar-refractivity contribution in [1.29, 1.82) is 0 Å². The lowest BCUT2D eigenvalue weighted by molar-refractivity contribution is -0.133. The average Bonchev–Trinajstić information content (AvgIpc) is 3.36. The third kappa shape index (κ3) is 3.61. The molecule has 2 aliphatic heterocycles. The van der Waals surface area contributed by atoms with E-state index in [9.17, 15) is 4.79 Å². The molecule has 4 rings (SSSR count). The van der Waals surface area contributed by atoms with Crippen LogP contribution >= 0.6 is 0 Å². The molecule has 1 amide bonds. The highest BCUT2D eigenvalue weighted by Crippen LogP contribution is 2.47. The number of carbonyl (C=O) groups excluding carboxylic acids is 1. The second-order valence-corrected chi connectivity index (χ2v) is 8.10.